The SMILES string of the molecule is ClCCCOc1ccccc1I. The van der Waals surface area contributed by atoms with Gasteiger partial charge in [0.15, 0.2) is 0 Å². The normalized spacial score (nSPS) is 9.83. The van der Waals surface area contributed by atoms with Gasteiger partial charge in [-0.15, -0.1) is 11.6 Å². The third-order valence-corrected chi connectivity index (χ3v) is 2.53. The third-order valence-electron chi connectivity index (χ3n) is 1.37. The number of hydrogen-bond acceptors (Lipinski definition) is 1. The van der Waals surface area contributed by atoms with E-state index in [0.29, 0.717) is 12.5 Å². The highest BCUT2D eigenvalue weighted by Crippen LogP contribution is 2.19. The van der Waals surface area contributed by atoms with E-state index in [-0.39, 0.29) is 0 Å². The molecule has 1 aromatic carbocycles. The second kappa shape index (κ2) is 5.65. The smallest absolute Gasteiger partial charge is 0.132 e. The van der Waals surface area contributed by atoms with E-state index in [9.17, 15) is 0 Å². The van der Waals surface area contributed by atoms with E-state index < -0.39 is 0 Å². The van der Waals surface area contributed by atoms with E-state index in [4.69, 9.17) is 16.3 Å². The quantitative estimate of drug-likeness (QED) is 0.470. The molecule has 0 aliphatic heterocycles. The summed E-state index contributed by atoms with van der Waals surface area (Å²) in [6.07, 6.45) is 0.895. The molecule has 0 unspecified atom stereocenters. The number of benzene rings is 1. The zero-order valence-electron chi connectivity index (χ0n) is 6.59. The molecule has 0 spiro atoms. The molecule has 0 amide bonds. The molecule has 0 bridgehead atoms. The van der Waals surface area contributed by atoms with Crippen molar-refractivity contribution in [2.75, 3.05) is 12.5 Å². The summed E-state index contributed by atoms with van der Waals surface area (Å²) in [6, 6.07) is 7.96. The maximum atomic E-state index is 5.53. The molecule has 0 aliphatic rings. The Bertz CT molecular complexity index is 240. The van der Waals surface area contributed by atoms with E-state index >= 15 is 0 Å². The van der Waals surface area contributed by atoms with Crippen LogP contribution in [0.4, 0.5) is 0 Å². The van der Waals surface area contributed by atoms with Crippen LogP contribution in [0.15, 0.2) is 24.3 Å². The summed E-state index contributed by atoms with van der Waals surface area (Å²) in [5.74, 6) is 1.60. The predicted octanol–water partition coefficient (Wildman–Crippen LogP) is 3.30. The molecule has 1 rings (SSSR count). The number of rotatable bonds is 4. The van der Waals surface area contributed by atoms with E-state index in [2.05, 4.69) is 22.6 Å². The van der Waals surface area contributed by atoms with Crippen molar-refractivity contribution in [2.45, 2.75) is 6.42 Å². The van der Waals surface area contributed by atoms with Crippen LogP contribution in [0.25, 0.3) is 0 Å². The lowest BCUT2D eigenvalue weighted by Crippen LogP contribution is -1.98. The number of ether oxygens (including phenoxy) is 1. The fourth-order valence-corrected chi connectivity index (χ4v) is 1.45. The highest BCUT2D eigenvalue weighted by Gasteiger charge is 1.97. The third kappa shape index (κ3) is 3.19. The first kappa shape index (κ1) is 10.1. The molecule has 0 N–H and O–H groups in total. The first-order valence-electron chi connectivity index (χ1n) is 3.78. The van der Waals surface area contributed by atoms with Crippen LogP contribution in [0.2, 0.25) is 0 Å². The highest BCUT2D eigenvalue weighted by molar-refractivity contribution is 14.1. The van der Waals surface area contributed by atoms with Crippen LogP contribution in [0.3, 0.4) is 0 Å². The van der Waals surface area contributed by atoms with E-state index in [1.807, 2.05) is 24.3 Å². The summed E-state index contributed by atoms with van der Waals surface area (Å²) in [4.78, 5) is 0. The molecular weight excluding hydrogens is 286 g/mol. The van der Waals surface area contributed by atoms with Gasteiger partial charge in [-0.25, -0.2) is 0 Å². The second-order valence-electron chi connectivity index (χ2n) is 2.32. The molecule has 0 radical (unpaired) electrons. The van der Waals surface area contributed by atoms with Crippen molar-refractivity contribution in [1.29, 1.82) is 0 Å². The average Bonchev–Trinajstić information content (AvgIpc) is 2.09. The van der Waals surface area contributed by atoms with Crippen LogP contribution in [0, 0.1) is 3.57 Å². The Kier molecular flexibility index (Phi) is 4.76. The van der Waals surface area contributed by atoms with Crippen molar-refractivity contribution in [2.24, 2.45) is 0 Å². The number of hydrogen-bond donors (Lipinski definition) is 0. The Morgan fingerprint density at radius 2 is 2.08 bits per heavy atom. The van der Waals surface area contributed by atoms with Crippen molar-refractivity contribution in [1.82, 2.24) is 0 Å². The van der Waals surface area contributed by atoms with Gasteiger partial charge < -0.3 is 4.74 Å². The molecule has 0 saturated heterocycles. The van der Waals surface area contributed by atoms with Gasteiger partial charge in [0.2, 0.25) is 0 Å². The summed E-state index contributed by atoms with van der Waals surface area (Å²) in [5.41, 5.74) is 0. The lowest BCUT2D eigenvalue weighted by atomic mass is 10.3. The Hall–Kier alpha value is 0.0400. The molecule has 0 atom stereocenters. The van der Waals surface area contributed by atoms with Gasteiger partial charge in [0.25, 0.3) is 0 Å². The van der Waals surface area contributed by atoms with Crippen LogP contribution >= 0.6 is 34.2 Å². The second-order valence-corrected chi connectivity index (χ2v) is 3.86. The summed E-state index contributed by atoms with van der Waals surface area (Å²) in [7, 11) is 0. The molecule has 0 fully saturated rings. The minimum absolute atomic E-state index is 0.656. The fourth-order valence-electron chi connectivity index (χ4n) is 0.798. The summed E-state index contributed by atoms with van der Waals surface area (Å²) < 4.78 is 6.63. The largest absolute Gasteiger partial charge is 0.492 e. The topological polar surface area (TPSA) is 9.23 Å². The van der Waals surface area contributed by atoms with Crippen molar-refractivity contribution in [3.05, 3.63) is 27.8 Å². The number of halogens is 2. The molecular formula is C9H10ClIO. The molecule has 0 aromatic heterocycles. The molecule has 3 heteroatoms. The molecule has 12 heavy (non-hydrogen) atoms. The Balaban J connectivity index is 2.46. The van der Waals surface area contributed by atoms with Crippen LogP contribution in [0.5, 0.6) is 5.75 Å². The van der Waals surface area contributed by atoms with Crippen molar-refractivity contribution in [3.8, 4) is 5.75 Å². The van der Waals surface area contributed by atoms with Gasteiger partial charge in [-0.2, -0.15) is 0 Å². The molecule has 1 aromatic rings. The predicted molar refractivity (Wildman–Crippen MR) is 60.0 cm³/mol. The zero-order chi connectivity index (χ0) is 8.81. The zero-order valence-corrected chi connectivity index (χ0v) is 9.51. The molecule has 0 aliphatic carbocycles. The summed E-state index contributed by atoms with van der Waals surface area (Å²) in [6.45, 7) is 0.698. The van der Waals surface area contributed by atoms with Gasteiger partial charge in [0.1, 0.15) is 5.75 Å². The van der Waals surface area contributed by atoms with Crippen LogP contribution in [-0.4, -0.2) is 12.5 Å². The highest BCUT2D eigenvalue weighted by atomic mass is 127. The maximum absolute atomic E-state index is 5.53. The van der Waals surface area contributed by atoms with Crippen LogP contribution in [-0.2, 0) is 0 Å². The van der Waals surface area contributed by atoms with E-state index in [1.54, 1.807) is 0 Å². The Morgan fingerprint density at radius 1 is 1.33 bits per heavy atom. The van der Waals surface area contributed by atoms with Gasteiger partial charge in [-0.1, -0.05) is 12.1 Å². The lowest BCUT2D eigenvalue weighted by Gasteiger charge is -2.05. The first-order valence-corrected chi connectivity index (χ1v) is 5.39. The molecule has 1 nitrogen and oxygen atoms in total. The fraction of sp³-hybridized carbons (Fsp3) is 0.333. The van der Waals surface area contributed by atoms with E-state index in [1.165, 1.54) is 0 Å². The van der Waals surface area contributed by atoms with Crippen LogP contribution in [0.1, 0.15) is 6.42 Å². The summed E-state index contributed by atoms with van der Waals surface area (Å²) >= 11 is 7.78. The number of alkyl halides is 1. The Morgan fingerprint density at radius 3 is 2.75 bits per heavy atom. The first-order chi connectivity index (χ1) is 5.84. The van der Waals surface area contributed by atoms with Gasteiger partial charge in [0, 0.05) is 5.88 Å². The van der Waals surface area contributed by atoms with E-state index in [0.717, 1.165) is 15.7 Å². The molecule has 66 valence electrons. The van der Waals surface area contributed by atoms with Gasteiger partial charge in [0.05, 0.1) is 10.2 Å². The molecule has 0 saturated carbocycles. The minimum atomic E-state index is 0.656. The minimum Gasteiger partial charge on any atom is -0.492 e. The average molecular weight is 297 g/mol. The lowest BCUT2D eigenvalue weighted by molar-refractivity contribution is 0.316. The van der Waals surface area contributed by atoms with Gasteiger partial charge >= 0.3 is 0 Å². The summed E-state index contributed by atoms with van der Waals surface area (Å²) in [5, 5.41) is 0. The van der Waals surface area contributed by atoms with Gasteiger partial charge in [-0.05, 0) is 41.1 Å². The van der Waals surface area contributed by atoms with Crippen molar-refractivity contribution < 1.29 is 4.74 Å². The molecule has 0 heterocycles. The van der Waals surface area contributed by atoms with Crippen molar-refractivity contribution >= 4 is 34.2 Å². The number of para-hydroxylation sites is 1. The Labute approximate surface area is 91.2 Å². The monoisotopic (exact) mass is 296 g/mol. The van der Waals surface area contributed by atoms with Gasteiger partial charge in [-0.3, -0.25) is 0 Å². The standard InChI is InChI=1S/C9H10ClIO/c10-6-3-7-12-9-5-2-1-4-8(9)11/h1-2,4-5H,3,6-7H2. The van der Waals surface area contributed by atoms with Crippen molar-refractivity contribution in [3.63, 3.8) is 0 Å². The van der Waals surface area contributed by atoms with Crippen LogP contribution < -0.4 is 4.74 Å². The maximum Gasteiger partial charge on any atom is 0.132 e.